The molecule has 7 atom stereocenters. The van der Waals surface area contributed by atoms with E-state index in [4.69, 9.17) is 4.74 Å². The molecule has 4 rings (SSSR count). The van der Waals surface area contributed by atoms with Crippen LogP contribution >= 0.6 is 0 Å². The van der Waals surface area contributed by atoms with Crippen molar-refractivity contribution in [1.29, 1.82) is 0 Å². The summed E-state index contributed by atoms with van der Waals surface area (Å²) in [6.07, 6.45) is 23.2. The van der Waals surface area contributed by atoms with E-state index in [2.05, 4.69) is 26.8 Å². The molecule has 2 nitrogen and oxygen atoms in total. The molecule has 0 aromatic heterocycles. The van der Waals surface area contributed by atoms with E-state index in [0.717, 1.165) is 36.5 Å². The fraction of sp³-hybridized carbons (Fsp3) is 0.897. The van der Waals surface area contributed by atoms with Gasteiger partial charge >= 0.3 is 5.97 Å². The molecule has 0 N–H and O–H groups in total. The van der Waals surface area contributed by atoms with Crippen LogP contribution < -0.4 is 0 Å². The second-order valence-electron chi connectivity index (χ2n) is 12.1. The molecule has 2 heteroatoms. The van der Waals surface area contributed by atoms with Gasteiger partial charge in [-0.25, -0.2) is 0 Å². The average Bonchev–Trinajstić information content (AvgIpc) is 3.07. The first-order chi connectivity index (χ1) is 14.9. The lowest BCUT2D eigenvalue weighted by atomic mass is 9.47. The van der Waals surface area contributed by atoms with Crippen molar-refractivity contribution in [1.82, 2.24) is 0 Å². The summed E-state index contributed by atoms with van der Waals surface area (Å²) in [5.74, 6) is 3.56. The number of hydrogen-bond acceptors (Lipinski definition) is 2. The average molecular weight is 429 g/mol. The third-order valence-electron chi connectivity index (χ3n) is 10.5. The summed E-state index contributed by atoms with van der Waals surface area (Å²) in [6.45, 7) is 9.11. The molecule has 4 aliphatic carbocycles. The van der Waals surface area contributed by atoms with Crippen LogP contribution in [-0.4, -0.2) is 12.1 Å². The standard InChI is InChI=1S/C29H48O2/c1-5-6-7-8-9-10-11-22-13-15-26-25-14-12-23-20-24(31-21(2)30)16-18-29(23,4)27(25)17-19-28(22,26)3/h12,22,24-27H,5-11,13-20H2,1-4H3. The predicted molar refractivity (Wildman–Crippen MR) is 129 cm³/mol. The monoisotopic (exact) mass is 428 g/mol. The smallest absolute Gasteiger partial charge is 0.302 e. The van der Waals surface area contributed by atoms with Gasteiger partial charge in [-0.15, -0.1) is 0 Å². The topological polar surface area (TPSA) is 26.3 Å². The molecule has 0 aliphatic heterocycles. The van der Waals surface area contributed by atoms with E-state index in [-0.39, 0.29) is 12.1 Å². The van der Waals surface area contributed by atoms with E-state index < -0.39 is 0 Å². The summed E-state index contributed by atoms with van der Waals surface area (Å²) in [6, 6.07) is 0. The maximum absolute atomic E-state index is 11.5. The zero-order valence-corrected chi connectivity index (χ0v) is 20.9. The number of carbonyl (C=O) groups excluding carboxylic acids is 1. The fourth-order valence-corrected chi connectivity index (χ4v) is 8.72. The number of rotatable bonds is 8. The normalized spacial score (nSPS) is 41.7. The Hall–Kier alpha value is -0.790. The Balaban J connectivity index is 1.39. The maximum Gasteiger partial charge on any atom is 0.302 e. The molecule has 0 radical (unpaired) electrons. The molecule has 3 saturated carbocycles. The van der Waals surface area contributed by atoms with Gasteiger partial charge < -0.3 is 4.74 Å². The second-order valence-corrected chi connectivity index (χ2v) is 12.1. The predicted octanol–water partition coefficient (Wildman–Crippen LogP) is 8.25. The summed E-state index contributed by atoms with van der Waals surface area (Å²) in [5.41, 5.74) is 2.58. The zero-order chi connectivity index (χ0) is 22.1. The van der Waals surface area contributed by atoms with Crippen molar-refractivity contribution in [3.05, 3.63) is 11.6 Å². The van der Waals surface area contributed by atoms with E-state index in [1.165, 1.54) is 83.5 Å². The molecule has 7 unspecified atom stereocenters. The SMILES string of the molecule is CCCCCCCCC1CCC2C3CC=C4CC(OC(C)=O)CCC4(C)C3CCC12C. The third kappa shape index (κ3) is 4.51. The minimum atomic E-state index is -0.112. The molecule has 0 bridgehead atoms. The number of unbranched alkanes of at least 4 members (excludes halogenated alkanes) is 5. The zero-order valence-electron chi connectivity index (χ0n) is 20.9. The molecular weight excluding hydrogens is 380 g/mol. The molecule has 0 amide bonds. The number of carbonyl (C=O) groups is 1. The van der Waals surface area contributed by atoms with Gasteiger partial charge in [-0.2, -0.15) is 0 Å². The lowest BCUT2D eigenvalue weighted by Crippen LogP contribution is -2.50. The molecule has 3 fully saturated rings. The Morgan fingerprint density at radius 2 is 1.77 bits per heavy atom. The summed E-state index contributed by atoms with van der Waals surface area (Å²) in [7, 11) is 0. The molecule has 0 spiro atoms. The van der Waals surface area contributed by atoms with Gasteiger partial charge in [0.1, 0.15) is 6.10 Å². The molecule has 4 aliphatic rings. The Morgan fingerprint density at radius 1 is 1.00 bits per heavy atom. The Labute approximate surface area is 192 Å². The summed E-state index contributed by atoms with van der Waals surface area (Å²) in [5, 5.41) is 0. The van der Waals surface area contributed by atoms with E-state index >= 15 is 0 Å². The van der Waals surface area contributed by atoms with Crippen LogP contribution in [0.2, 0.25) is 0 Å². The van der Waals surface area contributed by atoms with Crippen LogP contribution in [0.1, 0.15) is 124 Å². The van der Waals surface area contributed by atoms with Crippen LogP contribution in [0.3, 0.4) is 0 Å². The lowest BCUT2D eigenvalue weighted by molar-refractivity contribution is -0.148. The van der Waals surface area contributed by atoms with Crippen LogP contribution in [0.5, 0.6) is 0 Å². The molecule has 0 aromatic rings. The maximum atomic E-state index is 11.5. The third-order valence-corrected chi connectivity index (χ3v) is 10.5. The highest BCUT2D eigenvalue weighted by molar-refractivity contribution is 5.66. The van der Waals surface area contributed by atoms with E-state index in [9.17, 15) is 4.79 Å². The Morgan fingerprint density at radius 3 is 2.55 bits per heavy atom. The Bertz CT molecular complexity index is 666. The molecule has 0 saturated heterocycles. The van der Waals surface area contributed by atoms with Gasteiger partial charge in [0.15, 0.2) is 0 Å². The Kier molecular flexibility index (Phi) is 7.24. The van der Waals surface area contributed by atoms with Gasteiger partial charge in [-0.3, -0.25) is 4.79 Å². The second kappa shape index (κ2) is 9.60. The van der Waals surface area contributed by atoms with Gasteiger partial charge in [-0.05, 0) is 85.9 Å². The van der Waals surface area contributed by atoms with Crippen LogP contribution in [0, 0.1) is 34.5 Å². The fourth-order valence-electron chi connectivity index (χ4n) is 8.72. The minimum Gasteiger partial charge on any atom is -0.462 e. The van der Waals surface area contributed by atoms with Crippen LogP contribution in [0.15, 0.2) is 11.6 Å². The van der Waals surface area contributed by atoms with E-state index in [0.29, 0.717) is 10.8 Å². The quantitative estimate of drug-likeness (QED) is 0.221. The van der Waals surface area contributed by atoms with Crippen LogP contribution in [0.25, 0.3) is 0 Å². The number of fused-ring (bicyclic) bond motifs is 5. The van der Waals surface area contributed by atoms with Crippen molar-refractivity contribution in [2.45, 2.75) is 130 Å². The first kappa shape index (κ1) is 23.4. The molecule has 176 valence electrons. The first-order valence-corrected chi connectivity index (χ1v) is 13.7. The number of ether oxygens (including phenoxy) is 1. The van der Waals surface area contributed by atoms with Crippen LogP contribution in [0.4, 0.5) is 0 Å². The van der Waals surface area contributed by atoms with Crippen molar-refractivity contribution in [3.8, 4) is 0 Å². The van der Waals surface area contributed by atoms with Gasteiger partial charge in [0.25, 0.3) is 0 Å². The van der Waals surface area contributed by atoms with Crippen LogP contribution in [-0.2, 0) is 9.53 Å². The molecule has 0 heterocycles. The largest absolute Gasteiger partial charge is 0.462 e. The highest BCUT2D eigenvalue weighted by atomic mass is 16.5. The first-order valence-electron chi connectivity index (χ1n) is 13.7. The summed E-state index contributed by atoms with van der Waals surface area (Å²) >= 11 is 0. The van der Waals surface area contributed by atoms with Gasteiger partial charge in [0.2, 0.25) is 0 Å². The molecule has 0 aromatic carbocycles. The van der Waals surface area contributed by atoms with E-state index in [1.54, 1.807) is 12.5 Å². The number of hydrogen-bond donors (Lipinski definition) is 0. The van der Waals surface area contributed by atoms with Gasteiger partial charge in [-0.1, -0.05) is 70.9 Å². The number of allylic oxidation sites excluding steroid dienone is 1. The summed E-state index contributed by atoms with van der Waals surface area (Å²) in [4.78, 5) is 11.5. The highest BCUT2D eigenvalue weighted by Crippen LogP contribution is 2.66. The highest BCUT2D eigenvalue weighted by Gasteiger charge is 2.58. The van der Waals surface area contributed by atoms with Gasteiger partial charge in [0, 0.05) is 13.3 Å². The van der Waals surface area contributed by atoms with Crippen molar-refractivity contribution >= 4 is 5.97 Å². The minimum absolute atomic E-state index is 0.112. The van der Waals surface area contributed by atoms with Crippen molar-refractivity contribution in [2.24, 2.45) is 34.5 Å². The van der Waals surface area contributed by atoms with Crippen molar-refractivity contribution in [2.75, 3.05) is 0 Å². The van der Waals surface area contributed by atoms with E-state index in [1.807, 2.05) is 0 Å². The molecular formula is C29H48O2. The van der Waals surface area contributed by atoms with Crippen molar-refractivity contribution < 1.29 is 9.53 Å². The molecule has 31 heavy (non-hydrogen) atoms. The number of esters is 1. The lowest BCUT2D eigenvalue weighted by Gasteiger charge is -2.58. The van der Waals surface area contributed by atoms with Gasteiger partial charge in [0.05, 0.1) is 0 Å². The van der Waals surface area contributed by atoms with Crippen molar-refractivity contribution in [3.63, 3.8) is 0 Å². The summed E-state index contributed by atoms with van der Waals surface area (Å²) < 4.78 is 5.61.